The smallest absolute Gasteiger partial charge is 0.267 e. The van der Waals surface area contributed by atoms with Crippen molar-refractivity contribution in [2.75, 3.05) is 20.1 Å². The van der Waals surface area contributed by atoms with Crippen LogP contribution in [0.5, 0.6) is 0 Å². The van der Waals surface area contributed by atoms with Crippen LogP contribution < -0.4 is 10.6 Å². The summed E-state index contributed by atoms with van der Waals surface area (Å²) in [5.74, 6) is 0.0452. The lowest BCUT2D eigenvalue weighted by molar-refractivity contribution is 0.0913. The molecule has 0 saturated carbocycles. The lowest BCUT2D eigenvalue weighted by Gasteiger charge is -2.26. The van der Waals surface area contributed by atoms with Crippen molar-refractivity contribution in [2.24, 2.45) is 0 Å². The van der Waals surface area contributed by atoms with Gasteiger partial charge in [0.05, 0.1) is 6.04 Å². The molecule has 2 N–H and O–H groups in total. The van der Waals surface area contributed by atoms with Gasteiger partial charge in [-0.15, -0.1) is 0 Å². The number of carbonyl (C=O) groups is 1. The number of aromatic nitrogens is 1. The van der Waals surface area contributed by atoms with E-state index < -0.39 is 0 Å². The summed E-state index contributed by atoms with van der Waals surface area (Å²) in [6.45, 7) is 7.73. The summed E-state index contributed by atoms with van der Waals surface area (Å²) < 4.78 is 2.10. The average molecular weight is 237 g/mol. The van der Waals surface area contributed by atoms with Crippen LogP contribution in [0.1, 0.15) is 42.4 Å². The first-order chi connectivity index (χ1) is 8.22. The van der Waals surface area contributed by atoms with Crippen LogP contribution >= 0.6 is 0 Å². The van der Waals surface area contributed by atoms with Gasteiger partial charge in [-0.3, -0.25) is 4.79 Å². The van der Waals surface area contributed by atoms with Gasteiger partial charge >= 0.3 is 0 Å². The quantitative estimate of drug-likeness (QED) is 0.841. The molecule has 17 heavy (non-hydrogen) atoms. The van der Waals surface area contributed by atoms with Crippen LogP contribution in [-0.2, 0) is 0 Å². The van der Waals surface area contributed by atoms with Crippen molar-refractivity contribution in [3.8, 4) is 0 Å². The number of nitrogens with zero attached hydrogens (tertiary/aromatic N) is 1. The van der Waals surface area contributed by atoms with Crippen LogP contribution in [0.2, 0.25) is 0 Å². The van der Waals surface area contributed by atoms with Crippen molar-refractivity contribution in [1.29, 1.82) is 0 Å². The third-order valence-electron chi connectivity index (χ3n) is 2.84. The van der Waals surface area contributed by atoms with Gasteiger partial charge in [0.2, 0.25) is 0 Å². The maximum absolute atomic E-state index is 11.6. The number of rotatable bonds is 3. The fourth-order valence-electron chi connectivity index (χ4n) is 2.05. The van der Waals surface area contributed by atoms with E-state index in [1.165, 1.54) is 0 Å². The first-order valence-electron chi connectivity index (χ1n) is 6.33. The lowest BCUT2D eigenvalue weighted by atomic mass is 10.1. The second kappa shape index (κ2) is 6.45. The van der Waals surface area contributed by atoms with E-state index >= 15 is 0 Å². The van der Waals surface area contributed by atoms with Crippen molar-refractivity contribution in [3.05, 3.63) is 23.5 Å². The number of hydrogen-bond acceptors (Lipinski definition) is 2. The van der Waals surface area contributed by atoms with E-state index in [-0.39, 0.29) is 5.91 Å². The second-order valence-electron chi connectivity index (χ2n) is 4.07. The van der Waals surface area contributed by atoms with Gasteiger partial charge in [0, 0.05) is 12.7 Å². The molecule has 1 amide bonds. The Balaban J connectivity index is 0.000000686. The van der Waals surface area contributed by atoms with Crippen molar-refractivity contribution >= 4 is 5.91 Å². The highest BCUT2D eigenvalue weighted by Crippen LogP contribution is 2.20. The van der Waals surface area contributed by atoms with E-state index in [0.29, 0.717) is 6.04 Å². The number of aryl methyl sites for hydroxylation is 1. The summed E-state index contributed by atoms with van der Waals surface area (Å²) >= 11 is 0. The average Bonchev–Trinajstić information content (AvgIpc) is 2.74. The number of hydrogen-bond donors (Lipinski definition) is 2. The molecule has 1 aromatic rings. The summed E-state index contributed by atoms with van der Waals surface area (Å²) in [5.41, 5.74) is 1.94. The molecular weight excluding hydrogens is 214 g/mol. The molecule has 2 rings (SSSR count). The number of amides is 1. The van der Waals surface area contributed by atoms with Crippen LogP contribution in [0.3, 0.4) is 0 Å². The minimum absolute atomic E-state index is 0.0452. The third-order valence-corrected chi connectivity index (χ3v) is 2.84. The number of fused-ring (bicyclic) bond motifs is 1. The predicted molar refractivity (Wildman–Crippen MR) is 70.4 cm³/mol. The molecule has 1 unspecified atom stereocenters. The Kier molecular flexibility index (Phi) is 5.22. The molecule has 0 aliphatic carbocycles. The largest absolute Gasteiger partial charge is 0.349 e. The van der Waals surface area contributed by atoms with E-state index in [0.717, 1.165) is 30.8 Å². The molecule has 1 aromatic heterocycles. The SMILES string of the molecule is CC.CNCCC1CNC(=O)c2cc(C)cn21. The Hall–Kier alpha value is -1.29. The van der Waals surface area contributed by atoms with Crippen molar-refractivity contribution in [3.63, 3.8) is 0 Å². The minimum Gasteiger partial charge on any atom is -0.349 e. The zero-order valence-electron chi connectivity index (χ0n) is 11.2. The molecule has 0 radical (unpaired) electrons. The van der Waals surface area contributed by atoms with Crippen LogP contribution in [0.25, 0.3) is 0 Å². The maximum atomic E-state index is 11.6. The summed E-state index contributed by atoms with van der Waals surface area (Å²) in [6.07, 6.45) is 3.10. The van der Waals surface area contributed by atoms with Crippen LogP contribution in [0.15, 0.2) is 12.3 Å². The van der Waals surface area contributed by atoms with Crippen molar-refractivity contribution in [1.82, 2.24) is 15.2 Å². The van der Waals surface area contributed by atoms with Gasteiger partial charge in [-0.2, -0.15) is 0 Å². The molecule has 1 atom stereocenters. The minimum atomic E-state index is 0.0452. The first kappa shape index (κ1) is 13.8. The van der Waals surface area contributed by atoms with Gasteiger partial charge in [0.25, 0.3) is 5.91 Å². The molecule has 96 valence electrons. The summed E-state index contributed by atoms with van der Waals surface area (Å²) in [7, 11) is 1.95. The molecular formula is C13H23N3O. The number of carbonyl (C=O) groups excluding carboxylic acids is 1. The molecule has 0 bridgehead atoms. The predicted octanol–water partition coefficient (Wildman–Crippen LogP) is 1.72. The van der Waals surface area contributed by atoms with Gasteiger partial charge in [-0.05, 0) is 38.6 Å². The standard InChI is InChI=1S/C11H17N3O.C2H6/c1-8-5-10-11(15)13-6-9(3-4-12-2)14(10)7-8;1-2/h5,7,9,12H,3-4,6H2,1-2H3,(H,13,15);1-2H3. The molecule has 4 heteroatoms. The molecule has 0 aromatic carbocycles. The summed E-state index contributed by atoms with van der Waals surface area (Å²) in [6, 6.07) is 2.33. The van der Waals surface area contributed by atoms with Gasteiger partial charge < -0.3 is 15.2 Å². The van der Waals surface area contributed by atoms with Gasteiger partial charge in [-0.25, -0.2) is 0 Å². The highest BCUT2D eigenvalue weighted by molar-refractivity contribution is 5.93. The van der Waals surface area contributed by atoms with E-state index in [1.54, 1.807) is 0 Å². The van der Waals surface area contributed by atoms with Crippen molar-refractivity contribution < 1.29 is 4.79 Å². The molecule has 0 fully saturated rings. The fraction of sp³-hybridized carbons (Fsp3) is 0.615. The fourth-order valence-corrected chi connectivity index (χ4v) is 2.05. The second-order valence-corrected chi connectivity index (χ2v) is 4.07. The highest BCUT2D eigenvalue weighted by atomic mass is 16.2. The Morgan fingerprint density at radius 2 is 2.24 bits per heavy atom. The third kappa shape index (κ3) is 3.09. The molecule has 0 spiro atoms. The van der Waals surface area contributed by atoms with Crippen LogP contribution in [0.4, 0.5) is 0 Å². The zero-order valence-corrected chi connectivity index (χ0v) is 11.2. The summed E-state index contributed by atoms with van der Waals surface area (Å²) in [4.78, 5) is 11.6. The zero-order chi connectivity index (χ0) is 12.8. The van der Waals surface area contributed by atoms with Crippen LogP contribution in [-0.4, -0.2) is 30.6 Å². The molecule has 1 aliphatic rings. The normalized spacial score (nSPS) is 17.9. The van der Waals surface area contributed by atoms with E-state index in [1.807, 2.05) is 33.9 Å². The Bertz CT molecular complexity index is 371. The van der Waals surface area contributed by atoms with E-state index in [4.69, 9.17) is 0 Å². The van der Waals surface area contributed by atoms with E-state index in [9.17, 15) is 4.79 Å². The summed E-state index contributed by atoms with van der Waals surface area (Å²) in [5, 5.41) is 6.06. The Morgan fingerprint density at radius 1 is 1.53 bits per heavy atom. The monoisotopic (exact) mass is 237 g/mol. The molecule has 0 saturated heterocycles. The highest BCUT2D eigenvalue weighted by Gasteiger charge is 2.24. The van der Waals surface area contributed by atoms with Gasteiger partial charge in [-0.1, -0.05) is 13.8 Å². The molecule has 1 aliphatic heterocycles. The topological polar surface area (TPSA) is 46.1 Å². The van der Waals surface area contributed by atoms with Gasteiger partial charge in [0.15, 0.2) is 0 Å². The van der Waals surface area contributed by atoms with Gasteiger partial charge in [0.1, 0.15) is 5.69 Å². The Labute approximate surface area is 103 Å². The van der Waals surface area contributed by atoms with Crippen molar-refractivity contribution in [2.45, 2.75) is 33.2 Å². The van der Waals surface area contributed by atoms with Crippen LogP contribution in [0, 0.1) is 6.92 Å². The lowest BCUT2D eigenvalue weighted by Crippen LogP contribution is -2.39. The maximum Gasteiger partial charge on any atom is 0.267 e. The first-order valence-corrected chi connectivity index (χ1v) is 6.33. The van der Waals surface area contributed by atoms with E-state index in [2.05, 4.69) is 21.4 Å². The number of nitrogens with one attached hydrogen (secondary N) is 2. The molecule has 2 heterocycles. The Morgan fingerprint density at radius 3 is 2.88 bits per heavy atom. The molecule has 4 nitrogen and oxygen atoms in total.